The standard InChI is InChI=1S/C12H23NO2/c1-2-10-5-12(10)13-6-11(14)8-15-7-9-3-4-9/h9-14H,2-8H2,1H3. The Morgan fingerprint density at radius 1 is 1.47 bits per heavy atom. The molecular weight excluding hydrogens is 190 g/mol. The second-order valence-corrected chi connectivity index (χ2v) is 5.05. The summed E-state index contributed by atoms with van der Waals surface area (Å²) in [6.07, 6.45) is 4.84. The van der Waals surface area contributed by atoms with E-state index in [2.05, 4.69) is 12.2 Å². The average molecular weight is 213 g/mol. The van der Waals surface area contributed by atoms with Gasteiger partial charge in [0.25, 0.3) is 0 Å². The molecular formula is C12H23NO2. The predicted octanol–water partition coefficient (Wildman–Crippen LogP) is 1.16. The molecule has 0 bridgehead atoms. The molecule has 0 amide bonds. The number of hydrogen-bond donors (Lipinski definition) is 2. The first-order chi connectivity index (χ1) is 7.29. The number of nitrogens with one attached hydrogen (secondary N) is 1. The highest BCUT2D eigenvalue weighted by Crippen LogP contribution is 2.32. The maximum Gasteiger partial charge on any atom is 0.0897 e. The van der Waals surface area contributed by atoms with Crippen molar-refractivity contribution >= 4 is 0 Å². The van der Waals surface area contributed by atoms with Gasteiger partial charge in [-0.2, -0.15) is 0 Å². The summed E-state index contributed by atoms with van der Waals surface area (Å²) in [7, 11) is 0. The van der Waals surface area contributed by atoms with Crippen LogP contribution in [0, 0.1) is 11.8 Å². The molecule has 0 aliphatic heterocycles. The summed E-state index contributed by atoms with van der Waals surface area (Å²) in [4.78, 5) is 0. The van der Waals surface area contributed by atoms with Crippen molar-refractivity contribution in [2.24, 2.45) is 11.8 Å². The van der Waals surface area contributed by atoms with Crippen LogP contribution in [0.3, 0.4) is 0 Å². The topological polar surface area (TPSA) is 41.5 Å². The van der Waals surface area contributed by atoms with Crippen LogP contribution in [0.15, 0.2) is 0 Å². The van der Waals surface area contributed by atoms with Gasteiger partial charge < -0.3 is 15.2 Å². The van der Waals surface area contributed by atoms with Gasteiger partial charge in [-0.15, -0.1) is 0 Å². The highest BCUT2D eigenvalue weighted by atomic mass is 16.5. The molecule has 3 unspecified atom stereocenters. The molecule has 2 rings (SSSR count). The van der Waals surface area contributed by atoms with Crippen LogP contribution in [0.4, 0.5) is 0 Å². The molecule has 2 saturated carbocycles. The summed E-state index contributed by atoms with van der Waals surface area (Å²) >= 11 is 0. The van der Waals surface area contributed by atoms with Crippen molar-refractivity contribution in [3.63, 3.8) is 0 Å². The lowest BCUT2D eigenvalue weighted by atomic mass is 10.3. The van der Waals surface area contributed by atoms with E-state index in [1.807, 2.05) is 0 Å². The van der Waals surface area contributed by atoms with Gasteiger partial charge in [-0.1, -0.05) is 13.3 Å². The lowest BCUT2D eigenvalue weighted by Gasteiger charge is -2.12. The fourth-order valence-electron chi connectivity index (χ4n) is 1.95. The minimum Gasteiger partial charge on any atom is -0.389 e. The molecule has 3 nitrogen and oxygen atoms in total. The monoisotopic (exact) mass is 213 g/mol. The van der Waals surface area contributed by atoms with Crippen LogP contribution in [0.25, 0.3) is 0 Å². The summed E-state index contributed by atoms with van der Waals surface area (Å²) < 4.78 is 5.44. The van der Waals surface area contributed by atoms with E-state index in [9.17, 15) is 5.11 Å². The Morgan fingerprint density at radius 2 is 2.27 bits per heavy atom. The third-order valence-corrected chi connectivity index (χ3v) is 3.42. The molecule has 88 valence electrons. The lowest BCUT2D eigenvalue weighted by Crippen LogP contribution is -2.32. The van der Waals surface area contributed by atoms with Crippen LogP contribution in [-0.4, -0.2) is 37.0 Å². The maximum atomic E-state index is 9.63. The molecule has 2 aliphatic carbocycles. The first-order valence-corrected chi connectivity index (χ1v) is 6.28. The third-order valence-electron chi connectivity index (χ3n) is 3.42. The Labute approximate surface area is 92.2 Å². The van der Waals surface area contributed by atoms with E-state index in [-0.39, 0.29) is 6.10 Å². The van der Waals surface area contributed by atoms with Crippen LogP contribution >= 0.6 is 0 Å². The van der Waals surface area contributed by atoms with Crippen molar-refractivity contribution in [2.45, 2.75) is 44.8 Å². The molecule has 0 spiro atoms. The zero-order valence-corrected chi connectivity index (χ0v) is 9.61. The van der Waals surface area contributed by atoms with Gasteiger partial charge in [0.05, 0.1) is 12.7 Å². The van der Waals surface area contributed by atoms with E-state index in [1.165, 1.54) is 25.7 Å². The van der Waals surface area contributed by atoms with E-state index in [0.717, 1.165) is 18.4 Å². The van der Waals surface area contributed by atoms with Gasteiger partial charge in [-0.3, -0.25) is 0 Å². The number of hydrogen-bond acceptors (Lipinski definition) is 3. The van der Waals surface area contributed by atoms with E-state index in [0.29, 0.717) is 19.2 Å². The highest BCUT2D eigenvalue weighted by molar-refractivity contribution is 4.92. The van der Waals surface area contributed by atoms with Gasteiger partial charge >= 0.3 is 0 Å². The fourth-order valence-corrected chi connectivity index (χ4v) is 1.95. The molecule has 2 fully saturated rings. The van der Waals surface area contributed by atoms with Crippen molar-refractivity contribution in [1.29, 1.82) is 0 Å². The smallest absolute Gasteiger partial charge is 0.0897 e. The van der Waals surface area contributed by atoms with E-state index >= 15 is 0 Å². The zero-order chi connectivity index (χ0) is 10.7. The Bertz CT molecular complexity index is 194. The Morgan fingerprint density at radius 3 is 2.87 bits per heavy atom. The molecule has 2 N–H and O–H groups in total. The van der Waals surface area contributed by atoms with Crippen molar-refractivity contribution in [3.05, 3.63) is 0 Å². The van der Waals surface area contributed by atoms with Gasteiger partial charge in [0, 0.05) is 19.2 Å². The average Bonchev–Trinajstić information content (AvgIpc) is 3.10. The largest absolute Gasteiger partial charge is 0.389 e. The molecule has 0 heterocycles. The molecule has 2 aliphatic rings. The normalized spacial score (nSPS) is 31.6. The van der Waals surface area contributed by atoms with Gasteiger partial charge in [0.15, 0.2) is 0 Å². The van der Waals surface area contributed by atoms with Crippen molar-refractivity contribution in [1.82, 2.24) is 5.32 Å². The lowest BCUT2D eigenvalue weighted by molar-refractivity contribution is 0.0322. The fraction of sp³-hybridized carbons (Fsp3) is 1.00. The summed E-state index contributed by atoms with van der Waals surface area (Å²) in [5.41, 5.74) is 0. The number of aliphatic hydroxyl groups excluding tert-OH is 1. The van der Waals surface area contributed by atoms with E-state index in [1.54, 1.807) is 0 Å². The minimum atomic E-state index is -0.332. The Balaban J connectivity index is 1.43. The highest BCUT2D eigenvalue weighted by Gasteiger charge is 2.34. The van der Waals surface area contributed by atoms with Crippen molar-refractivity contribution in [2.75, 3.05) is 19.8 Å². The van der Waals surface area contributed by atoms with Gasteiger partial charge in [-0.05, 0) is 31.1 Å². The summed E-state index contributed by atoms with van der Waals surface area (Å²) in [5, 5.41) is 13.0. The number of rotatable bonds is 8. The molecule has 0 aromatic rings. The van der Waals surface area contributed by atoms with Crippen molar-refractivity contribution in [3.8, 4) is 0 Å². The van der Waals surface area contributed by atoms with Gasteiger partial charge in [0.1, 0.15) is 0 Å². The van der Waals surface area contributed by atoms with E-state index < -0.39 is 0 Å². The quantitative estimate of drug-likeness (QED) is 0.636. The summed E-state index contributed by atoms with van der Waals surface area (Å²) in [6, 6.07) is 0.660. The second kappa shape index (κ2) is 5.28. The maximum absolute atomic E-state index is 9.63. The third kappa shape index (κ3) is 4.09. The zero-order valence-electron chi connectivity index (χ0n) is 9.61. The van der Waals surface area contributed by atoms with Crippen LogP contribution in [0.1, 0.15) is 32.6 Å². The van der Waals surface area contributed by atoms with Crippen LogP contribution in [-0.2, 0) is 4.74 Å². The molecule has 15 heavy (non-hydrogen) atoms. The Kier molecular flexibility index (Phi) is 4.00. The number of ether oxygens (including phenoxy) is 1. The first kappa shape index (κ1) is 11.4. The van der Waals surface area contributed by atoms with Gasteiger partial charge in [-0.25, -0.2) is 0 Å². The van der Waals surface area contributed by atoms with Gasteiger partial charge in [0.2, 0.25) is 0 Å². The predicted molar refractivity (Wildman–Crippen MR) is 59.7 cm³/mol. The Hall–Kier alpha value is -0.120. The minimum absolute atomic E-state index is 0.332. The molecule has 0 aromatic heterocycles. The molecule has 0 saturated heterocycles. The number of aliphatic hydroxyl groups is 1. The molecule has 0 aromatic carbocycles. The first-order valence-electron chi connectivity index (χ1n) is 6.28. The molecule has 3 heteroatoms. The SMILES string of the molecule is CCC1CC1NCC(O)COCC1CC1. The van der Waals surface area contributed by atoms with Crippen molar-refractivity contribution < 1.29 is 9.84 Å². The van der Waals surface area contributed by atoms with Crippen LogP contribution in [0.5, 0.6) is 0 Å². The van der Waals surface area contributed by atoms with Crippen LogP contribution < -0.4 is 5.32 Å². The van der Waals surface area contributed by atoms with E-state index in [4.69, 9.17) is 4.74 Å². The molecule has 0 radical (unpaired) electrons. The van der Waals surface area contributed by atoms with Crippen LogP contribution in [0.2, 0.25) is 0 Å². The summed E-state index contributed by atoms with van der Waals surface area (Å²) in [5.74, 6) is 1.64. The summed E-state index contributed by atoms with van der Waals surface area (Å²) in [6.45, 7) is 4.25. The second-order valence-electron chi connectivity index (χ2n) is 5.05. The molecule has 3 atom stereocenters.